The van der Waals surface area contributed by atoms with Crippen molar-refractivity contribution in [2.45, 2.75) is 72.3 Å². The highest BCUT2D eigenvalue weighted by Gasteiger charge is 2.31. The Balaban J connectivity index is 2.03. The number of nitrogens with one attached hydrogen (secondary N) is 1. The SMILES string of the molecule is CCNC(Cc1cc(CC)nn1C)C1CCC(C)(C)CC1. The molecule has 120 valence electrons. The Bertz CT molecular complexity index is 437. The molecule has 1 fully saturated rings. The van der Waals surface area contributed by atoms with Gasteiger partial charge in [-0.25, -0.2) is 0 Å². The lowest BCUT2D eigenvalue weighted by atomic mass is 9.70. The van der Waals surface area contributed by atoms with Gasteiger partial charge in [0.1, 0.15) is 0 Å². The monoisotopic (exact) mass is 291 g/mol. The van der Waals surface area contributed by atoms with E-state index in [0.29, 0.717) is 11.5 Å². The maximum Gasteiger partial charge on any atom is 0.0624 e. The molecule has 0 spiro atoms. The van der Waals surface area contributed by atoms with Gasteiger partial charge in [-0.3, -0.25) is 4.68 Å². The normalized spacial score (nSPS) is 20.6. The first kappa shape index (κ1) is 16.5. The topological polar surface area (TPSA) is 29.9 Å². The zero-order valence-corrected chi connectivity index (χ0v) is 14.6. The Morgan fingerprint density at radius 3 is 2.52 bits per heavy atom. The first-order chi connectivity index (χ1) is 9.95. The lowest BCUT2D eigenvalue weighted by Gasteiger charge is -2.38. The molecule has 2 rings (SSSR count). The van der Waals surface area contributed by atoms with E-state index in [4.69, 9.17) is 0 Å². The lowest BCUT2D eigenvalue weighted by Crippen LogP contribution is -2.41. The lowest BCUT2D eigenvalue weighted by molar-refractivity contribution is 0.160. The van der Waals surface area contributed by atoms with Gasteiger partial charge in [-0.15, -0.1) is 0 Å². The minimum atomic E-state index is 0.551. The van der Waals surface area contributed by atoms with Gasteiger partial charge >= 0.3 is 0 Å². The van der Waals surface area contributed by atoms with Crippen molar-refractivity contribution in [3.63, 3.8) is 0 Å². The van der Waals surface area contributed by atoms with Crippen molar-refractivity contribution in [3.8, 4) is 0 Å². The summed E-state index contributed by atoms with van der Waals surface area (Å²) in [5.41, 5.74) is 3.14. The number of aryl methyl sites for hydroxylation is 2. The smallest absolute Gasteiger partial charge is 0.0624 e. The summed E-state index contributed by atoms with van der Waals surface area (Å²) in [6.07, 6.45) is 7.60. The minimum Gasteiger partial charge on any atom is -0.314 e. The summed E-state index contributed by atoms with van der Waals surface area (Å²) in [4.78, 5) is 0. The number of aromatic nitrogens is 2. The van der Waals surface area contributed by atoms with Crippen molar-refractivity contribution < 1.29 is 0 Å². The predicted molar refractivity (Wildman–Crippen MR) is 89.5 cm³/mol. The van der Waals surface area contributed by atoms with Crippen molar-refractivity contribution >= 4 is 0 Å². The molecule has 1 atom stereocenters. The second kappa shape index (κ2) is 6.95. The highest BCUT2D eigenvalue weighted by Crippen LogP contribution is 2.39. The first-order valence-corrected chi connectivity index (χ1v) is 8.70. The second-order valence-electron chi connectivity index (χ2n) is 7.47. The van der Waals surface area contributed by atoms with Crippen LogP contribution in [-0.4, -0.2) is 22.4 Å². The fourth-order valence-electron chi connectivity index (χ4n) is 3.65. The Morgan fingerprint density at radius 2 is 2.00 bits per heavy atom. The summed E-state index contributed by atoms with van der Waals surface area (Å²) in [7, 11) is 2.08. The molecule has 0 amide bonds. The van der Waals surface area contributed by atoms with Gasteiger partial charge in [0.15, 0.2) is 0 Å². The third kappa shape index (κ3) is 4.32. The van der Waals surface area contributed by atoms with Gasteiger partial charge in [-0.2, -0.15) is 5.10 Å². The third-order valence-corrected chi connectivity index (χ3v) is 5.24. The van der Waals surface area contributed by atoms with Gasteiger partial charge in [-0.1, -0.05) is 27.7 Å². The molecule has 1 N–H and O–H groups in total. The first-order valence-electron chi connectivity index (χ1n) is 8.70. The highest BCUT2D eigenvalue weighted by atomic mass is 15.3. The highest BCUT2D eigenvalue weighted by molar-refractivity contribution is 5.12. The van der Waals surface area contributed by atoms with Gasteiger partial charge < -0.3 is 5.32 Å². The van der Waals surface area contributed by atoms with E-state index < -0.39 is 0 Å². The maximum absolute atomic E-state index is 4.60. The van der Waals surface area contributed by atoms with E-state index in [0.717, 1.165) is 25.3 Å². The molecular formula is C18H33N3. The predicted octanol–water partition coefficient (Wildman–Crippen LogP) is 3.72. The number of hydrogen-bond donors (Lipinski definition) is 1. The quantitative estimate of drug-likeness (QED) is 0.865. The molecule has 0 radical (unpaired) electrons. The molecule has 0 aromatic carbocycles. The largest absolute Gasteiger partial charge is 0.314 e. The van der Waals surface area contributed by atoms with Crippen molar-refractivity contribution in [3.05, 3.63) is 17.5 Å². The van der Waals surface area contributed by atoms with Crippen LogP contribution in [0.1, 0.15) is 64.8 Å². The molecule has 0 aliphatic heterocycles. The van der Waals surface area contributed by atoms with E-state index in [1.165, 1.54) is 37.1 Å². The van der Waals surface area contributed by atoms with Crippen LogP contribution in [0.25, 0.3) is 0 Å². The average molecular weight is 291 g/mol. The molecule has 0 bridgehead atoms. The molecule has 1 unspecified atom stereocenters. The van der Waals surface area contributed by atoms with Crippen LogP contribution in [-0.2, 0) is 19.9 Å². The number of hydrogen-bond acceptors (Lipinski definition) is 2. The van der Waals surface area contributed by atoms with Crippen molar-refractivity contribution in [1.29, 1.82) is 0 Å². The fraction of sp³-hybridized carbons (Fsp3) is 0.833. The molecule has 21 heavy (non-hydrogen) atoms. The summed E-state index contributed by atoms with van der Waals surface area (Å²) < 4.78 is 2.08. The molecule has 1 aliphatic rings. The minimum absolute atomic E-state index is 0.551. The van der Waals surface area contributed by atoms with Gasteiger partial charge in [0.25, 0.3) is 0 Å². The molecular weight excluding hydrogens is 258 g/mol. The van der Waals surface area contributed by atoms with E-state index in [1.807, 2.05) is 0 Å². The van der Waals surface area contributed by atoms with Gasteiger partial charge in [0.2, 0.25) is 0 Å². The van der Waals surface area contributed by atoms with Crippen LogP contribution in [0.4, 0.5) is 0 Å². The van der Waals surface area contributed by atoms with Crippen LogP contribution in [0.3, 0.4) is 0 Å². The second-order valence-corrected chi connectivity index (χ2v) is 7.47. The number of nitrogens with zero attached hydrogens (tertiary/aromatic N) is 2. The molecule has 3 nitrogen and oxygen atoms in total. The van der Waals surface area contributed by atoms with Crippen molar-refractivity contribution in [2.24, 2.45) is 18.4 Å². The third-order valence-electron chi connectivity index (χ3n) is 5.24. The molecule has 1 saturated carbocycles. The summed E-state index contributed by atoms with van der Waals surface area (Å²) in [6.45, 7) is 10.3. The number of likely N-dealkylation sites (N-methyl/N-ethyl adjacent to an activating group) is 1. The summed E-state index contributed by atoms with van der Waals surface area (Å²) in [6, 6.07) is 2.89. The molecule has 3 heteroatoms. The van der Waals surface area contributed by atoms with Crippen LogP contribution in [0.5, 0.6) is 0 Å². The van der Waals surface area contributed by atoms with Gasteiger partial charge in [0, 0.05) is 25.2 Å². The molecule has 1 heterocycles. The fourth-order valence-corrected chi connectivity index (χ4v) is 3.65. The van der Waals surface area contributed by atoms with E-state index in [-0.39, 0.29) is 0 Å². The van der Waals surface area contributed by atoms with Crippen LogP contribution in [0.2, 0.25) is 0 Å². The molecule has 1 aromatic rings. The van der Waals surface area contributed by atoms with Crippen LogP contribution in [0.15, 0.2) is 6.07 Å². The van der Waals surface area contributed by atoms with E-state index >= 15 is 0 Å². The van der Waals surface area contributed by atoms with Crippen LogP contribution in [0, 0.1) is 11.3 Å². The van der Waals surface area contributed by atoms with Crippen molar-refractivity contribution in [2.75, 3.05) is 6.54 Å². The summed E-state index contributed by atoms with van der Waals surface area (Å²) in [5.74, 6) is 0.818. The van der Waals surface area contributed by atoms with Gasteiger partial charge in [0.05, 0.1) is 5.69 Å². The van der Waals surface area contributed by atoms with Crippen molar-refractivity contribution in [1.82, 2.24) is 15.1 Å². The molecule has 0 saturated heterocycles. The van der Waals surface area contributed by atoms with E-state index in [2.05, 4.69) is 55.9 Å². The average Bonchev–Trinajstić information content (AvgIpc) is 2.79. The van der Waals surface area contributed by atoms with Crippen LogP contribution < -0.4 is 5.32 Å². The number of rotatable bonds is 6. The van der Waals surface area contributed by atoms with Crippen LogP contribution >= 0.6 is 0 Å². The Morgan fingerprint density at radius 1 is 1.33 bits per heavy atom. The molecule has 1 aliphatic carbocycles. The summed E-state index contributed by atoms with van der Waals surface area (Å²) in [5, 5.41) is 8.34. The van der Waals surface area contributed by atoms with E-state index in [1.54, 1.807) is 0 Å². The van der Waals surface area contributed by atoms with Gasteiger partial charge in [-0.05, 0) is 56.0 Å². The standard InChI is InChI=1S/C18H33N3/c1-6-15-12-16(21(5)20-15)13-17(19-7-2)14-8-10-18(3,4)11-9-14/h12,14,17,19H,6-11,13H2,1-5H3. The maximum atomic E-state index is 4.60. The summed E-state index contributed by atoms with van der Waals surface area (Å²) >= 11 is 0. The zero-order chi connectivity index (χ0) is 15.5. The zero-order valence-electron chi connectivity index (χ0n) is 14.6. The van der Waals surface area contributed by atoms with E-state index in [9.17, 15) is 0 Å². The Kier molecular flexibility index (Phi) is 5.48. The molecule has 1 aromatic heterocycles. The Labute approximate surface area is 130 Å². The Hall–Kier alpha value is -0.830.